The first-order valence-corrected chi connectivity index (χ1v) is 13.5. The second kappa shape index (κ2) is 10.6. The number of rotatable bonds is 7. The molecule has 7 atom stereocenters. The summed E-state index contributed by atoms with van der Waals surface area (Å²) in [6.07, 6.45) is -3.05. The highest BCUT2D eigenvalue weighted by Gasteiger charge is 2.46. The minimum Gasteiger partial charge on any atom is -0.598 e. The van der Waals surface area contributed by atoms with Crippen LogP contribution in [0.25, 0.3) is 0 Å². The third kappa shape index (κ3) is 7.17. The average molecular weight is 528 g/mol. The van der Waals surface area contributed by atoms with E-state index in [-0.39, 0.29) is 29.8 Å². The molecule has 0 aromatic heterocycles. The Labute approximate surface area is 202 Å². The SMILES string of the molecule is C[S+](=O)([O-])N1CCC(NC2NC(NC3CCC4C(=O)NC(=O)C4C3)NC(OCC(F)(F)F)N2)CC1. The van der Waals surface area contributed by atoms with Crippen molar-refractivity contribution in [2.24, 2.45) is 11.8 Å². The molecule has 1 aliphatic carbocycles. The van der Waals surface area contributed by atoms with Crippen molar-refractivity contribution >= 4 is 22.2 Å². The number of hydrogen-bond donors (Lipinski definition) is 6. The van der Waals surface area contributed by atoms with E-state index in [1.807, 2.05) is 0 Å². The Morgan fingerprint density at radius 2 is 1.60 bits per heavy atom. The smallest absolute Gasteiger partial charge is 0.411 e. The van der Waals surface area contributed by atoms with E-state index in [2.05, 4.69) is 31.9 Å². The van der Waals surface area contributed by atoms with Crippen LogP contribution < -0.4 is 31.9 Å². The van der Waals surface area contributed by atoms with Gasteiger partial charge in [-0.2, -0.15) is 13.2 Å². The lowest BCUT2D eigenvalue weighted by Gasteiger charge is -2.43. The van der Waals surface area contributed by atoms with Crippen molar-refractivity contribution in [2.45, 2.75) is 69.3 Å². The van der Waals surface area contributed by atoms with Gasteiger partial charge in [0.15, 0.2) is 6.35 Å². The lowest BCUT2D eigenvalue weighted by atomic mass is 9.78. The summed E-state index contributed by atoms with van der Waals surface area (Å²) < 4.78 is 68.0. The highest BCUT2D eigenvalue weighted by atomic mass is 32.3. The van der Waals surface area contributed by atoms with Crippen LogP contribution in [0.2, 0.25) is 0 Å². The average Bonchev–Trinajstić information content (AvgIpc) is 3.04. The number of nitrogens with zero attached hydrogens (tertiary/aromatic N) is 1. The molecule has 6 N–H and O–H groups in total. The third-order valence-electron chi connectivity index (χ3n) is 6.88. The molecule has 16 heteroatoms. The fourth-order valence-corrected chi connectivity index (χ4v) is 6.01. The van der Waals surface area contributed by atoms with Crippen molar-refractivity contribution in [3.8, 4) is 0 Å². The number of carbonyl (C=O) groups excluding carboxylic acids is 2. The van der Waals surface area contributed by atoms with Gasteiger partial charge in [-0.3, -0.25) is 41.5 Å². The number of hydrogen-bond acceptors (Lipinski definition) is 10. The monoisotopic (exact) mass is 527 g/mol. The number of carbonyl (C=O) groups is 2. The zero-order valence-electron chi connectivity index (χ0n) is 19.2. The third-order valence-corrected chi connectivity index (χ3v) is 8.18. The van der Waals surface area contributed by atoms with Crippen LogP contribution in [-0.2, 0) is 28.9 Å². The van der Waals surface area contributed by atoms with Crippen LogP contribution in [0.5, 0.6) is 0 Å². The van der Waals surface area contributed by atoms with E-state index < -0.39 is 48.0 Å². The van der Waals surface area contributed by atoms with Crippen LogP contribution in [0.15, 0.2) is 0 Å². The molecule has 4 aliphatic rings. The molecule has 200 valence electrons. The summed E-state index contributed by atoms with van der Waals surface area (Å²) in [5.74, 6) is -1.28. The first-order valence-electron chi connectivity index (χ1n) is 11.7. The highest BCUT2D eigenvalue weighted by Crippen LogP contribution is 2.34. The van der Waals surface area contributed by atoms with Gasteiger partial charge < -0.3 is 9.29 Å². The molecule has 0 aromatic rings. The van der Waals surface area contributed by atoms with Gasteiger partial charge in [0, 0.05) is 25.2 Å². The number of fused-ring (bicyclic) bond motifs is 1. The topological polar surface area (TPSA) is 159 Å². The van der Waals surface area contributed by atoms with Gasteiger partial charge >= 0.3 is 6.18 Å². The van der Waals surface area contributed by atoms with E-state index in [0.717, 1.165) is 6.26 Å². The van der Waals surface area contributed by atoms with Gasteiger partial charge in [-0.05, 0) is 32.1 Å². The van der Waals surface area contributed by atoms with Crippen LogP contribution in [0.1, 0.15) is 32.1 Å². The standard InChI is InChI=1S/C19H32F3N7O5S/c1-35(32,33)29-6-4-10(5-7-29)23-16-26-17(28-18(27-16)34-9-19(20,21)22)24-11-2-3-12-13(8-11)15(31)25-14(12)30/h10-13,16-18,23-24,26-28H,2-9H2,1H3,(H-,25,30,31,32,33). The Balaban J connectivity index is 1.34. The number of ether oxygens (including phenoxy) is 1. The Hall–Kier alpha value is -1.24. The van der Waals surface area contributed by atoms with Gasteiger partial charge in [0.1, 0.15) is 35.8 Å². The molecule has 2 amide bonds. The predicted octanol–water partition coefficient (Wildman–Crippen LogP) is -1.54. The van der Waals surface area contributed by atoms with Crippen molar-refractivity contribution in [3.63, 3.8) is 0 Å². The number of alkyl halides is 3. The molecule has 0 radical (unpaired) electrons. The summed E-state index contributed by atoms with van der Waals surface area (Å²) in [7, 11) is -3.27. The van der Waals surface area contributed by atoms with Crippen molar-refractivity contribution < 1.29 is 36.3 Å². The Kier molecular flexibility index (Phi) is 8.14. The van der Waals surface area contributed by atoms with E-state index >= 15 is 0 Å². The molecule has 3 aliphatic heterocycles. The molecule has 0 aromatic carbocycles. The molecule has 7 unspecified atom stereocenters. The van der Waals surface area contributed by atoms with E-state index in [9.17, 15) is 31.5 Å². The molecular weight excluding hydrogens is 495 g/mol. The number of sulfonamides is 1. The van der Waals surface area contributed by atoms with Crippen LogP contribution >= 0.6 is 0 Å². The maximum Gasteiger partial charge on any atom is 0.411 e. The van der Waals surface area contributed by atoms with Gasteiger partial charge in [-0.15, -0.1) is 4.31 Å². The van der Waals surface area contributed by atoms with Crippen LogP contribution in [0.3, 0.4) is 0 Å². The summed E-state index contributed by atoms with van der Waals surface area (Å²) in [5, 5.41) is 17.9. The molecule has 0 spiro atoms. The van der Waals surface area contributed by atoms with E-state index in [1.54, 1.807) is 0 Å². The summed E-state index contributed by atoms with van der Waals surface area (Å²) >= 11 is 0. The van der Waals surface area contributed by atoms with Gasteiger partial charge in [0.2, 0.25) is 11.8 Å². The van der Waals surface area contributed by atoms with Crippen molar-refractivity contribution in [2.75, 3.05) is 26.0 Å². The second-order valence-electron chi connectivity index (χ2n) is 9.52. The normalized spacial score (nSPS) is 37.1. The summed E-state index contributed by atoms with van der Waals surface area (Å²) in [5.41, 5.74) is 0. The predicted molar refractivity (Wildman–Crippen MR) is 116 cm³/mol. The highest BCUT2D eigenvalue weighted by molar-refractivity contribution is 7.94. The molecule has 1 saturated carbocycles. The summed E-state index contributed by atoms with van der Waals surface area (Å²) in [6.45, 7) is -0.746. The lowest BCUT2D eigenvalue weighted by molar-refractivity contribution is -0.199. The summed E-state index contributed by atoms with van der Waals surface area (Å²) in [4.78, 5) is 23.9. The van der Waals surface area contributed by atoms with Crippen molar-refractivity contribution in [1.29, 1.82) is 0 Å². The van der Waals surface area contributed by atoms with Gasteiger partial charge in [0.25, 0.3) is 0 Å². The molecule has 12 nitrogen and oxygen atoms in total. The minimum absolute atomic E-state index is 0.0661. The van der Waals surface area contributed by atoms with Gasteiger partial charge in [-0.1, -0.05) is 4.21 Å². The van der Waals surface area contributed by atoms with Crippen molar-refractivity contribution in [3.05, 3.63) is 0 Å². The van der Waals surface area contributed by atoms with Gasteiger partial charge in [0.05, 0.1) is 11.8 Å². The van der Waals surface area contributed by atoms with E-state index in [4.69, 9.17) is 4.74 Å². The fraction of sp³-hybridized carbons (Fsp3) is 0.895. The molecule has 3 saturated heterocycles. The number of halogens is 3. The van der Waals surface area contributed by atoms with E-state index in [1.165, 1.54) is 4.31 Å². The molecular formula is C19H32F3N7O5S. The molecule has 4 rings (SSSR count). The lowest BCUT2D eigenvalue weighted by Crippen LogP contribution is -2.76. The second-order valence-corrected chi connectivity index (χ2v) is 11.5. The van der Waals surface area contributed by atoms with Crippen LogP contribution in [0, 0.1) is 11.8 Å². The van der Waals surface area contributed by atoms with Crippen molar-refractivity contribution in [1.82, 2.24) is 36.2 Å². The zero-order chi connectivity index (χ0) is 25.4. The molecule has 3 heterocycles. The number of piperidine rings is 1. The number of amides is 2. The van der Waals surface area contributed by atoms with Crippen LogP contribution in [0.4, 0.5) is 13.2 Å². The Morgan fingerprint density at radius 1 is 1.00 bits per heavy atom. The molecule has 4 fully saturated rings. The molecule has 0 bridgehead atoms. The van der Waals surface area contributed by atoms with Crippen LogP contribution in [-0.4, -0.2) is 83.8 Å². The number of nitrogens with one attached hydrogen (secondary N) is 6. The first kappa shape index (κ1) is 26.8. The fourth-order valence-electron chi connectivity index (χ4n) is 5.14. The Bertz CT molecular complexity index is 838. The largest absolute Gasteiger partial charge is 0.598 e. The summed E-state index contributed by atoms with van der Waals surface area (Å²) in [6, 6.07) is -0.207. The number of imide groups is 1. The zero-order valence-corrected chi connectivity index (χ0v) is 20.0. The molecule has 35 heavy (non-hydrogen) atoms. The van der Waals surface area contributed by atoms with E-state index in [0.29, 0.717) is 45.2 Å². The maximum atomic E-state index is 12.7. The quantitative estimate of drug-likeness (QED) is 0.169. The minimum atomic E-state index is -4.50. The maximum absolute atomic E-state index is 12.7. The first-order chi connectivity index (χ1) is 16.4. The van der Waals surface area contributed by atoms with Gasteiger partial charge in [-0.25, -0.2) is 0 Å². The Morgan fingerprint density at radius 3 is 2.20 bits per heavy atom.